The van der Waals surface area contributed by atoms with Gasteiger partial charge in [-0.15, -0.1) is 0 Å². The van der Waals surface area contributed by atoms with Crippen molar-refractivity contribution in [3.05, 3.63) is 99.1 Å². The molecule has 0 aliphatic carbocycles. The molecule has 0 aromatic heterocycles. The van der Waals surface area contributed by atoms with Crippen molar-refractivity contribution >= 4 is 46.0 Å². The largest absolute Gasteiger partial charge is 0.326 e. The van der Waals surface area contributed by atoms with E-state index in [2.05, 4.69) is 22.6 Å². The Bertz CT molecular complexity index is 1150. The summed E-state index contributed by atoms with van der Waals surface area (Å²) < 4.78 is 1.02. The molecule has 1 fully saturated rings. The van der Waals surface area contributed by atoms with Crippen LogP contribution in [0.1, 0.15) is 27.9 Å². The summed E-state index contributed by atoms with van der Waals surface area (Å²) in [6.45, 7) is 2.23. The molecule has 3 amide bonds. The average molecular weight is 538 g/mol. The molecule has 0 radical (unpaired) electrons. The van der Waals surface area contributed by atoms with Crippen LogP contribution in [-0.2, 0) is 16.0 Å². The van der Waals surface area contributed by atoms with Crippen LogP contribution in [0.25, 0.3) is 0 Å². The highest BCUT2D eigenvalue weighted by atomic mass is 127. The molecule has 3 aromatic rings. The first-order valence-corrected chi connectivity index (χ1v) is 11.6. The van der Waals surface area contributed by atoms with Gasteiger partial charge in [0.15, 0.2) is 0 Å². The van der Waals surface area contributed by atoms with Gasteiger partial charge in [-0.3, -0.25) is 14.4 Å². The Labute approximate surface area is 201 Å². The predicted octanol–water partition coefficient (Wildman–Crippen LogP) is 4.62. The van der Waals surface area contributed by atoms with Crippen LogP contribution in [0.3, 0.4) is 0 Å². The molecule has 0 spiro atoms. The van der Waals surface area contributed by atoms with E-state index >= 15 is 0 Å². The number of amides is 3. The molecular weight excluding hydrogens is 515 g/mol. The van der Waals surface area contributed by atoms with Gasteiger partial charge >= 0.3 is 0 Å². The summed E-state index contributed by atoms with van der Waals surface area (Å²) in [5.74, 6) is -0.871. The van der Waals surface area contributed by atoms with Gasteiger partial charge in [0.2, 0.25) is 5.91 Å². The topological polar surface area (TPSA) is 57.7 Å². The molecule has 0 bridgehead atoms. The molecule has 1 atom stereocenters. The second kappa shape index (κ2) is 9.65. The fraction of sp³-hybridized carbons (Fsp3) is 0.192. The lowest BCUT2D eigenvalue weighted by Crippen LogP contribution is -2.46. The van der Waals surface area contributed by atoms with Crippen LogP contribution in [0.2, 0.25) is 0 Å². The van der Waals surface area contributed by atoms with E-state index in [1.807, 2.05) is 67.6 Å². The third kappa shape index (κ3) is 4.60. The molecule has 162 valence electrons. The van der Waals surface area contributed by atoms with E-state index in [9.17, 15) is 14.4 Å². The van der Waals surface area contributed by atoms with Crippen LogP contribution in [0.5, 0.6) is 0 Å². The Kier molecular flexibility index (Phi) is 6.69. The first-order valence-electron chi connectivity index (χ1n) is 10.5. The Morgan fingerprint density at radius 3 is 2.31 bits per heavy atom. The minimum Gasteiger partial charge on any atom is -0.326 e. The fourth-order valence-corrected chi connectivity index (χ4v) is 4.34. The molecule has 0 saturated carbocycles. The van der Waals surface area contributed by atoms with Crippen molar-refractivity contribution in [1.29, 1.82) is 0 Å². The van der Waals surface area contributed by atoms with Crippen molar-refractivity contribution in [2.24, 2.45) is 0 Å². The molecular formula is C26H23IN2O3. The highest BCUT2D eigenvalue weighted by Crippen LogP contribution is 2.28. The zero-order chi connectivity index (χ0) is 22.7. The monoisotopic (exact) mass is 538 g/mol. The maximum atomic E-state index is 13.6. The Morgan fingerprint density at radius 2 is 1.62 bits per heavy atom. The van der Waals surface area contributed by atoms with Crippen molar-refractivity contribution in [2.75, 3.05) is 11.4 Å². The highest BCUT2D eigenvalue weighted by molar-refractivity contribution is 14.1. The van der Waals surface area contributed by atoms with Crippen LogP contribution in [0, 0.1) is 10.5 Å². The average Bonchev–Trinajstić information content (AvgIpc) is 3.09. The number of carbonyl (C=O) groups is 3. The van der Waals surface area contributed by atoms with Crippen LogP contribution in [0.15, 0.2) is 78.9 Å². The molecule has 1 unspecified atom stereocenters. The zero-order valence-corrected chi connectivity index (χ0v) is 19.9. The van der Waals surface area contributed by atoms with Gasteiger partial charge in [0, 0.05) is 15.7 Å². The van der Waals surface area contributed by atoms with Crippen molar-refractivity contribution in [3.63, 3.8) is 0 Å². The number of aryl methyl sites for hydroxylation is 1. The molecule has 1 saturated heterocycles. The van der Waals surface area contributed by atoms with Crippen LogP contribution in [-0.4, -0.2) is 35.2 Å². The number of rotatable bonds is 6. The molecule has 1 heterocycles. The van der Waals surface area contributed by atoms with E-state index in [4.69, 9.17) is 0 Å². The lowest BCUT2D eigenvalue weighted by atomic mass is 10.0. The first-order chi connectivity index (χ1) is 15.5. The van der Waals surface area contributed by atoms with Gasteiger partial charge in [-0.1, -0.05) is 48.5 Å². The number of carbonyl (C=O) groups excluding carboxylic acids is 3. The zero-order valence-electron chi connectivity index (χ0n) is 17.7. The van der Waals surface area contributed by atoms with Crippen LogP contribution < -0.4 is 4.90 Å². The number of hydrogen-bond acceptors (Lipinski definition) is 3. The SMILES string of the molecule is Cc1ccccc1C(=O)N(CCc1ccccc1)C1CC(=O)N(c2ccc(I)cc2)C1=O. The lowest BCUT2D eigenvalue weighted by Gasteiger charge is -2.28. The third-order valence-corrected chi connectivity index (χ3v) is 6.42. The predicted molar refractivity (Wildman–Crippen MR) is 132 cm³/mol. The number of hydrogen-bond donors (Lipinski definition) is 0. The van der Waals surface area contributed by atoms with E-state index in [1.165, 1.54) is 4.90 Å². The number of nitrogens with zero attached hydrogens (tertiary/aromatic N) is 2. The van der Waals surface area contributed by atoms with Crippen molar-refractivity contribution < 1.29 is 14.4 Å². The van der Waals surface area contributed by atoms with Crippen LogP contribution in [0.4, 0.5) is 5.69 Å². The Hall–Kier alpha value is -3.00. The van der Waals surface area contributed by atoms with Crippen molar-refractivity contribution in [2.45, 2.75) is 25.8 Å². The smallest absolute Gasteiger partial charge is 0.257 e. The standard InChI is InChI=1S/C26H23IN2O3/c1-18-7-5-6-10-22(18)25(31)28(16-15-19-8-3-2-4-9-19)23-17-24(30)29(26(23)32)21-13-11-20(27)12-14-21/h2-14,23H,15-17H2,1H3. The van der Waals surface area contributed by atoms with E-state index in [0.717, 1.165) is 14.7 Å². The maximum Gasteiger partial charge on any atom is 0.257 e. The minimum atomic E-state index is -0.822. The Morgan fingerprint density at radius 1 is 0.969 bits per heavy atom. The second-order valence-corrected chi connectivity index (χ2v) is 9.06. The second-order valence-electron chi connectivity index (χ2n) is 7.81. The molecule has 5 nitrogen and oxygen atoms in total. The molecule has 3 aromatic carbocycles. The number of imide groups is 1. The minimum absolute atomic E-state index is 0.0166. The lowest BCUT2D eigenvalue weighted by molar-refractivity contribution is -0.122. The summed E-state index contributed by atoms with van der Waals surface area (Å²) in [6.07, 6.45) is 0.581. The summed E-state index contributed by atoms with van der Waals surface area (Å²) in [5, 5.41) is 0. The molecule has 32 heavy (non-hydrogen) atoms. The van der Waals surface area contributed by atoms with E-state index in [1.54, 1.807) is 23.1 Å². The van der Waals surface area contributed by atoms with Gasteiger partial charge in [-0.25, -0.2) is 4.90 Å². The van der Waals surface area contributed by atoms with E-state index in [0.29, 0.717) is 24.2 Å². The molecule has 1 aliphatic rings. The van der Waals surface area contributed by atoms with Gasteiger partial charge in [0.1, 0.15) is 6.04 Å². The number of benzene rings is 3. The third-order valence-electron chi connectivity index (χ3n) is 5.70. The van der Waals surface area contributed by atoms with Crippen LogP contribution >= 0.6 is 22.6 Å². The Balaban J connectivity index is 1.65. The fourth-order valence-electron chi connectivity index (χ4n) is 3.98. The van der Waals surface area contributed by atoms with E-state index in [-0.39, 0.29) is 24.1 Å². The number of halogens is 1. The van der Waals surface area contributed by atoms with Gasteiger partial charge in [-0.05, 0) is 77.4 Å². The first kappa shape index (κ1) is 22.2. The summed E-state index contributed by atoms with van der Waals surface area (Å²) in [4.78, 5) is 42.6. The van der Waals surface area contributed by atoms with Gasteiger partial charge in [-0.2, -0.15) is 0 Å². The quantitative estimate of drug-likeness (QED) is 0.340. The summed E-state index contributed by atoms with van der Waals surface area (Å²) in [6, 6.07) is 23.6. The molecule has 0 N–H and O–H groups in total. The summed E-state index contributed by atoms with van der Waals surface area (Å²) >= 11 is 2.18. The molecule has 1 aliphatic heterocycles. The van der Waals surface area contributed by atoms with Gasteiger partial charge in [0.25, 0.3) is 11.8 Å². The van der Waals surface area contributed by atoms with Crippen molar-refractivity contribution in [3.8, 4) is 0 Å². The molecule has 4 rings (SSSR count). The highest BCUT2D eigenvalue weighted by Gasteiger charge is 2.44. The number of anilines is 1. The van der Waals surface area contributed by atoms with E-state index < -0.39 is 6.04 Å². The summed E-state index contributed by atoms with van der Waals surface area (Å²) in [7, 11) is 0. The van der Waals surface area contributed by atoms with Crippen molar-refractivity contribution in [1.82, 2.24) is 4.90 Å². The molecule has 6 heteroatoms. The maximum absolute atomic E-state index is 13.6. The normalized spacial score (nSPS) is 15.8. The summed E-state index contributed by atoms with van der Waals surface area (Å²) in [5.41, 5.74) is 3.00. The van der Waals surface area contributed by atoms with Gasteiger partial charge < -0.3 is 4.90 Å². The van der Waals surface area contributed by atoms with Gasteiger partial charge in [0.05, 0.1) is 12.1 Å².